The highest BCUT2D eigenvalue weighted by molar-refractivity contribution is 5.69. The van der Waals surface area contributed by atoms with Crippen LogP contribution in [0.4, 0.5) is 0 Å². The van der Waals surface area contributed by atoms with E-state index in [1.807, 2.05) is 42.5 Å². The van der Waals surface area contributed by atoms with Crippen molar-refractivity contribution in [1.82, 2.24) is 0 Å². The maximum absolute atomic E-state index is 5.75. The minimum Gasteiger partial charge on any atom is -0.489 e. The van der Waals surface area contributed by atoms with Gasteiger partial charge in [-0.2, -0.15) is 0 Å². The van der Waals surface area contributed by atoms with Gasteiger partial charge in [-0.15, -0.1) is 0 Å². The van der Waals surface area contributed by atoms with Crippen LogP contribution in [0, 0.1) is 6.92 Å². The predicted molar refractivity (Wildman–Crippen MR) is 81.5 cm³/mol. The molecule has 1 nitrogen and oxygen atoms in total. The minimum absolute atomic E-state index is 0.532. The van der Waals surface area contributed by atoms with Gasteiger partial charge in [0.05, 0.1) is 0 Å². The van der Waals surface area contributed by atoms with Gasteiger partial charge < -0.3 is 4.74 Å². The molecule has 2 aromatic rings. The summed E-state index contributed by atoms with van der Waals surface area (Å²) in [6.45, 7) is 10.4. The fourth-order valence-electron chi connectivity index (χ4n) is 1.93. The second-order valence-corrected chi connectivity index (χ2v) is 4.49. The van der Waals surface area contributed by atoms with Crippen LogP contribution in [0.5, 0.6) is 0 Å². The van der Waals surface area contributed by atoms with Crippen LogP contribution in [0.15, 0.2) is 61.7 Å². The van der Waals surface area contributed by atoms with E-state index in [9.17, 15) is 0 Å². The van der Waals surface area contributed by atoms with Crippen molar-refractivity contribution in [2.45, 2.75) is 13.5 Å². The smallest absolute Gasteiger partial charge is 0.120 e. The van der Waals surface area contributed by atoms with Gasteiger partial charge in [-0.1, -0.05) is 73.3 Å². The predicted octanol–water partition coefficient (Wildman–Crippen LogP) is 4.83. The van der Waals surface area contributed by atoms with Crippen molar-refractivity contribution >= 4 is 11.8 Å². The molecule has 2 rings (SSSR count). The Kier molecular flexibility index (Phi) is 4.19. The largest absolute Gasteiger partial charge is 0.489 e. The summed E-state index contributed by atoms with van der Waals surface area (Å²) in [5.74, 6) is 0.679. The van der Waals surface area contributed by atoms with E-state index in [2.05, 4.69) is 32.2 Å². The van der Waals surface area contributed by atoms with Crippen LogP contribution in [0.2, 0.25) is 0 Å². The van der Waals surface area contributed by atoms with E-state index in [0.29, 0.717) is 12.4 Å². The van der Waals surface area contributed by atoms with Crippen LogP contribution in [-0.2, 0) is 11.3 Å². The first-order valence-electron chi connectivity index (χ1n) is 6.30. The highest BCUT2D eigenvalue weighted by Gasteiger charge is 2.05. The molecular formula is C18H18O. The van der Waals surface area contributed by atoms with Gasteiger partial charge in [0.2, 0.25) is 0 Å². The van der Waals surface area contributed by atoms with Gasteiger partial charge in [0.1, 0.15) is 12.4 Å². The Hall–Kier alpha value is -2.28. The van der Waals surface area contributed by atoms with E-state index in [4.69, 9.17) is 4.74 Å². The summed E-state index contributed by atoms with van der Waals surface area (Å²) < 4.78 is 5.75. The molecule has 0 amide bonds. The van der Waals surface area contributed by atoms with Crippen LogP contribution in [0.25, 0.3) is 11.8 Å². The molecule has 0 saturated carbocycles. The number of aryl methyl sites for hydroxylation is 1. The monoisotopic (exact) mass is 250 g/mol. The lowest BCUT2D eigenvalue weighted by Gasteiger charge is -2.12. The topological polar surface area (TPSA) is 9.23 Å². The molecule has 96 valence electrons. The molecule has 0 bridgehead atoms. The number of benzene rings is 2. The summed E-state index contributed by atoms with van der Waals surface area (Å²) in [6, 6.07) is 16.2. The highest BCUT2D eigenvalue weighted by Crippen LogP contribution is 2.22. The first-order chi connectivity index (χ1) is 9.20. The molecule has 0 aliphatic carbocycles. The molecule has 0 unspecified atom stereocenters. The molecule has 0 atom stereocenters. The zero-order valence-corrected chi connectivity index (χ0v) is 11.2. The van der Waals surface area contributed by atoms with Crippen molar-refractivity contribution in [1.29, 1.82) is 0 Å². The SMILES string of the molecule is C=Cc1cc(C)ccc1C(=C)OCc1ccccc1. The zero-order valence-electron chi connectivity index (χ0n) is 11.2. The first kappa shape index (κ1) is 13.2. The van der Waals surface area contributed by atoms with E-state index in [1.165, 1.54) is 5.56 Å². The zero-order chi connectivity index (χ0) is 13.7. The van der Waals surface area contributed by atoms with Crippen molar-refractivity contribution in [3.63, 3.8) is 0 Å². The maximum Gasteiger partial charge on any atom is 0.120 e. The van der Waals surface area contributed by atoms with Crippen LogP contribution in [0.1, 0.15) is 22.3 Å². The number of ether oxygens (including phenoxy) is 1. The van der Waals surface area contributed by atoms with Crippen molar-refractivity contribution < 1.29 is 4.74 Å². The number of rotatable bonds is 5. The number of hydrogen-bond acceptors (Lipinski definition) is 1. The van der Waals surface area contributed by atoms with Gasteiger partial charge in [-0.25, -0.2) is 0 Å². The Labute approximate surface area is 114 Å². The van der Waals surface area contributed by atoms with E-state index >= 15 is 0 Å². The first-order valence-corrected chi connectivity index (χ1v) is 6.30. The van der Waals surface area contributed by atoms with Crippen molar-refractivity contribution in [3.8, 4) is 0 Å². The van der Waals surface area contributed by atoms with E-state index < -0.39 is 0 Å². The fraction of sp³-hybridized carbons (Fsp3) is 0.111. The lowest BCUT2D eigenvalue weighted by Crippen LogP contribution is -1.95. The van der Waals surface area contributed by atoms with Gasteiger partial charge in [0.15, 0.2) is 0 Å². The lowest BCUT2D eigenvalue weighted by molar-refractivity contribution is 0.265. The summed E-state index contributed by atoms with van der Waals surface area (Å²) in [5, 5.41) is 0. The quantitative estimate of drug-likeness (QED) is 0.691. The summed E-state index contributed by atoms with van der Waals surface area (Å²) in [5.41, 5.74) is 4.39. The van der Waals surface area contributed by atoms with E-state index in [0.717, 1.165) is 16.7 Å². The van der Waals surface area contributed by atoms with Crippen LogP contribution in [-0.4, -0.2) is 0 Å². The molecule has 0 aromatic heterocycles. The van der Waals surface area contributed by atoms with Crippen molar-refractivity contribution in [2.75, 3.05) is 0 Å². The molecule has 0 spiro atoms. The van der Waals surface area contributed by atoms with E-state index in [1.54, 1.807) is 0 Å². The lowest BCUT2D eigenvalue weighted by atomic mass is 10.0. The fourth-order valence-corrected chi connectivity index (χ4v) is 1.93. The molecule has 0 aliphatic heterocycles. The summed E-state index contributed by atoms with van der Waals surface area (Å²) in [7, 11) is 0. The van der Waals surface area contributed by atoms with Crippen LogP contribution < -0.4 is 0 Å². The van der Waals surface area contributed by atoms with E-state index in [-0.39, 0.29) is 0 Å². The Morgan fingerprint density at radius 1 is 1.16 bits per heavy atom. The average Bonchev–Trinajstić information content (AvgIpc) is 2.45. The van der Waals surface area contributed by atoms with Gasteiger partial charge >= 0.3 is 0 Å². The molecule has 0 N–H and O–H groups in total. The second kappa shape index (κ2) is 6.05. The summed E-state index contributed by atoms with van der Waals surface area (Å²) in [6.07, 6.45) is 1.83. The molecule has 19 heavy (non-hydrogen) atoms. The Balaban J connectivity index is 2.10. The maximum atomic E-state index is 5.75. The second-order valence-electron chi connectivity index (χ2n) is 4.49. The normalized spacial score (nSPS) is 9.95. The minimum atomic E-state index is 0.532. The van der Waals surface area contributed by atoms with Crippen molar-refractivity contribution in [3.05, 3.63) is 83.9 Å². The van der Waals surface area contributed by atoms with Crippen LogP contribution >= 0.6 is 0 Å². The van der Waals surface area contributed by atoms with Crippen LogP contribution in [0.3, 0.4) is 0 Å². The standard InChI is InChI=1S/C18H18O/c1-4-17-12-14(2)10-11-18(17)15(3)19-13-16-8-6-5-7-9-16/h4-12H,1,3,13H2,2H3. The Morgan fingerprint density at radius 3 is 2.58 bits per heavy atom. The van der Waals surface area contributed by atoms with Gasteiger partial charge in [-0.05, 0) is 18.1 Å². The third-order valence-corrected chi connectivity index (χ3v) is 2.98. The third kappa shape index (κ3) is 3.35. The summed E-state index contributed by atoms with van der Waals surface area (Å²) >= 11 is 0. The molecule has 0 saturated heterocycles. The molecule has 0 aliphatic rings. The molecule has 0 heterocycles. The molecular weight excluding hydrogens is 232 g/mol. The van der Waals surface area contributed by atoms with Gasteiger partial charge in [0, 0.05) is 5.56 Å². The highest BCUT2D eigenvalue weighted by atomic mass is 16.5. The Morgan fingerprint density at radius 2 is 1.89 bits per heavy atom. The third-order valence-electron chi connectivity index (χ3n) is 2.98. The number of hydrogen-bond donors (Lipinski definition) is 0. The van der Waals surface area contributed by atoms with Gasteiger partial charge in [0.25, 0.3) is 0 Å². The van der Waals surface area contributed by atoms with Crippen molar-refractivity contribution in [2.24, 2.45) is 0 Å². The molecule has 1 heteroatoms. The Bertz CT molecular complexity index is 582. The molecule has 2 aromatic carbocycles. The average molecular weight is 250 g/mol. The molecule has 0 radical (unpaired) electrons. The molecule has 0 fully saturated rings. The van der Waals surface area contributed by atoms with Gasteiger partial charge in [-0.3, -0.25) is 0 Å². The summed E-state index contributed by atoms with van der Waals surface area (Å²) in [4.78, 5) is 0.